The smallest absolute Gasteiger partial charge is 0.303 e. The van der Waals surface area contributed by atoms with Crippen LogP contribution < -0.4 is 0 Å². The fourth-order valence-corrected chi connectivity index (χ4v) is 1.13. The third-order valence-electron chi connectivity index (χ3n) is 1.80. The molecule has 0 atom stereocenters. The zero-order valence-electron chi connectivity index (χ0n) is 7.30. The number of phenols is 1. The van der Waals surface area contributed by atoms with Crippen LogP contribution in [0.5, 0.6) is 5.75 Å². The minimum Gasteiger partial charge on any atom is -0.506 e. The molecule has 5 heteroatoms. The Balaban J connectivity index is 2.90. The second-order valence-corrected chi connectivity index (χ2v) is 2.77. The zero-order chi connectivity index (χ0) is 10.6. The van der Waals surface area contributed by atoms with Gasteiger partial charge in [-0.05, 0) is 23.2 Å². The molecule has 0 amide bonds. The third kappa shape index (κ3) is 2.29. The number of aromatic hydroxyl groups is 1. The van der Waals surface area contributed by atoms with E-state index in [2.05, 4.69) is 5.18 Å². The van der Waals surface area contributed by atoms with Gasteiger partial charge in [-0.3, -0.25) is 4.79 Å². The first-order valence-electron chi connectivity index (χ1n) is 4.01. The molecule has 0 aliphatic rings. The molecule has 0 spiro atoms. The summed E-state index contributed by atoms with van der Waals surface area (Å²) < 4.78 is 0. The van der Waals surface area contributed by atoms with Crippen LogP contribution in [0.2, 0.25) is 0 Å². The molecule has 0 heterocycles. The first kappa shape index (κ1) is 10.2. The van der Waals surface area contributed by atoms with Crippen LogP contribution in [0, 0.1) is 4.91 Å². The lowest BCUT2D eigenvalue weighted by Crippen LogP contribution is -1.97. The molecule has 0 aromatic heterocycles. The molecule has 0 aliphatic carbocycles. The van der Waals surface area contributed by atoms with Crippen molar-refractivity contribution in [2.75, 3.05) is 0 Å². The lowest BCUT2D eigenvalue weighted by atomic mass is 10.1. The van der Waals surface area contributed by atoms with Crippen LogP contribution in [0.25, 0.3) is 0 Å². The van der Waals surface area contributed by atoms with Crippen molar-refractivity contribution < 1.29 is 15.0 Å². The SMILES string of the molecule is O=Nc1c(O)cccc1CCC(=O)O. The van der Waals surface area contributed by atoms with Crippen molar-refractivity contribution in [2.24, 2.45) is 5.18 Å². The standard InChI is InChI=1S/C9H9NO4/c11-7-3-1-2-6(9(7)10-14)4-5-8(12)13/h1-3,11H,4-5H2,(H,12,13). The van der Waals surface area contributed by atoms with Gasteiger partial charge in [-0.25, -0.2) is 0 Å². The maximum atomic E-state index is 10.3. The molecular formula is C9H9NO4. The molecule has 14 heavy (non-hydrogen) atoms. The Hall–Kier alpha value is -1.91. The number of hydrogen-bond acceptors (Lipinski definition) is 4. The van der Waals surface area contributed by atoms with Crippen molar-refractivity contribution >= 4 is 11.7 Å². The van der Waals surface area contributed by atoms with E-state index in [-0.39, 0.29) is 24.3 Å². The van der Waals surface area contributed by atoms with E-state index in [1.54, 1.807) is 12.1 Å². The van der Waals surface area contributed by atoms with Crippen molar-refractivity contribution in [2.45, 2.75) is 12.8 Å². The van der Waals surface area contributed by atoms with Crippen molar-refractivity contribution in [1.82, 2.24) is 0 Å². The molecule has 2 N–H and O–H groups in total. The average Bonchev–Trinajstić information content (AvgIpc) is 2.14. The molecule has 5 nitrogen and oxygen atoms in total. The molecule has 1 aromatic rings. The largest absolute Gasteiger partial charge is 0.506 e. The van der Waals surface area contributed by atoms with Gasteiger partial charge in [-0.2, -0.15) is 0 Å². The van der Waals surface area contributed by atoms with Crippen LogP contribution in [0.4, 0.5) is 5.69 Å². The number of carbonyl (C=O) groups is 1. The van der Waals surface area contributed by atoms with E-state index in [4.69, 9.17) is 5.11 Å². The second-order valence-electron chi connectivity index (χ2n) is 2.77. The monoisotopic (exact) mass is 195 g/mol. The Bertz CT molecular complexity index is 362. The number of benzene rings is 1. The molecule has 0 fully saturated rings. The topological polar surface area (TPSA) is 87.0 Å². The van der Waals surface area contributed by atoms with Gasteiger partial charge >= 0.3 is 5.97 Å². The Morgan fingerprint density at radius 2 is 2.14 bits per heavy atom. The number of phenolic OH excluding ortho intramolecular Hbond substituents is 1. The van der Waals surface area contributed by atoms with Crippen LogP contribution in [0.3, 0.4) is 0 Å². The molecule has 1 aromatic carbocycles. The molecule has 0 saturated carbocycles. The minimum atomic E-state index is -0.954. The van der Waals surface area contributed by atoms with E-state index in [1.165, 1.54) is 6.07 Å². The number of nitroso groups, excluding NO2 is 1. The van der Waals surface area contributed by atoms with Crippen LogP contribution in [-0.4, -0.2) is 16.2 Å². The van der Waals surface area contributed by atoms with Crippen LogP contribution >= 0.6 is 0 Å². The lowest BCUT2D eigenvalue weighted by molar-refractivity contribution is -0.136. The van der Waals surface area contributed by atoms with Gasteiger partial charge in [0.25, 0.3) is 0 Å². The van der Waals surface area contributed by atoms with Gasteiger partial charge < -0.3 is 10.2 Å². The van der Waals surface area contributed by atoms with Gasteiger partial charge in [0.05, 0.1) is 0 Å². The molecule has 1 rings (SSSR count). The van der Waals surface area contributed by atoms with Crippen LogP contribution in [0.1, 0.15) is 12.0 Å². The minimum absolute atomic E-state index is 0.0752. The summed E-state index contributed by atoms with van der Waals surface area (Å²) in [5.41, 5.74) is 0.371. The fourth-order valence-electron chi connectivity index (χ4n) is 1.13. The Kier molecular flexibility index (Phi) is 3.17. The predicted molar refractivity (Wildman–Crippen MR) is 49.5 cm³/mol. The molecule has 0 aliphatic heterocycles. The first-order valence-corrected chi connectivity index (χ1v) is 4.01. The highest BCUT2D eigenvalue weighted by molar-refractivity contribution is 5.68. The van der Waals surface area contributed by atoms with Gasteiger partial charge in [0.2, 0.25) is 0 Å². The molecule has 0 bridgehead atoms. The summed E-state index contributed by atoms with van der Waals surface area (Å²) in [4.78, 5) is 20.6. The maximum Gasteiger partial charge on any atom is 0.303 e. The summed E-state index contributed by atoms with van der Waals surface area (Å²) in [6, 6.07) is 4.45. The van der Waals surface area contributed by atoms with E-state index in [0.717, 1.165) is 0 Å². The average molecular weight is 195 g/mol. The molecule has 74 valence electrons. The highest BCUT2D eigenvalue weighted by atomic mass is 16.4. The summed E-state index contributed by atoms with van der Waals surface area (Å²) in [7, 11) is 0. The first-order chi connectivity index (χ1) is 6.65. The molecule has 0 radical (unpaired) electrons. The van der Waals surface area contributed by atoms with E-state index >= 15 is 0 Å². The Labute approximate surface area is 80.0 Å². The number of carboxylic acid groups (broad SMARTS) is 1. The highest BCUT2D eigenvalue weighted by Crippen LogP contribution is 2.30. The van der Waals surface area contributed by atoms with E-state index in [1.807, 2.05) is 0 Å². The van der Waals surface area contributed by atoms with Crippen molar-refractivity contribution in [3.63, 3.8) is 0 Å². The highest BCUT2D eigenvalue weighted by Gasteiger charge is 2.09. The lowest BCUT2D eigenvalue weighted by Gasteiger charge is -2.02. The second kappa shape index (κ2) is 4.36. The number of nitrogens with zero attached hydrogens (tertiary/aromatic N) is 1. The van der Waals surface area contributed by atoms with Gasteiger partial charge in [0, 0.05) is 6.42 Å². The van der Waals surface area contributed by atoms with Crippen molar-refractivity contribution in [3.8, 4) is 5.75 Å². The Morgan fingerprint density at radius 1 is 1.43 bits per heavy atom. The number of aliphatic carboxylic acids is 1. The maximum absolute atomic E-state index is 10.3. The number of aryl methyl sites for hydroxylation is 1. The summed E-state index contributed by atoms with van der Waals surface area (Å²) >= 11 is 0. The summed E-state index contributed by atoms with van der Waals surface area (Å²) in [5.74, 6) is -1.17. The summed E-state index contributed by atoms with van der Waals surface area (Å²) in [6.45, 7) is 0. The number of rotatable bonds is 4. The van der Waals surface area contributed by atoms with Gasteiger partial charge in [-0.15, -0.1) is 4.91 Å². The van der Waals surface area contributed by atoms with E-state index in [0.29, 0.717) is 5.56 Å². The van der Waals surface area contributed by atoms with E-state index < -0.39 is 5.97 Å². The molecular weight excluding hydrogens is 186 g/mol. The van der Waals surface area contributed by atoms with Gasteiger partial charge in [0.1, 0.15) is 5.75 Å². The van der Waals surface area contributed by atoms with E-state index in [9.17, 15) is 14.8 Å². The summed E-state index contributed by atoms with van der Waals surface area (Å²) in [6.07, 6.45) is 0.0940. The van der Waals surface area contributed by atoms with Crippen molar-refractivity contribution in [3.05, 3.63) is 28.7 Å². The predicted octanol–water partition coefficient (Wildman–Crippen LogP) is 1.81. The number of hydrogen-bond donors (Lipinski definition) is 2. The zero-order valence-corrected chi connectivity index (χ0v) is 7.30. The normalized spacial score (nSPS) is 9.71. The third-order valence-corrected chi connectivity index (χ3v) is 1.80. The summed E-state index contributed by atoms with van der Waals surface area (Å²) in [5, 5.41) is 20.3. The molecule has 0 unspecified atom stereocenters. The van der Waals surface area contributed by atoms with Crippen molar-refractivity contribution in [1.29, 1.82) is 0 Å². The van der Waals surface area contributed by atoms with Crippen LogP contribution in [-0.2, 0) is 11.2 Å². The van der Waals surface area contributed by atoms with Crippen LogP contribution in [0.15, 0.2) is 23.4 Å². The number of carboxylic acids is 1. The van der Waals surface area contributed by atoms with Gasteiger partial charge in [-0.1, -0.05) is 12.1 Å². The fraction of sp³-hybridized carbons (Fsp3) is 0.222. The quantitative estimate of drug-likeness (QED) is 0.717. The van der Waals surface area contributed by atoms with Gasteiger partial charge in [0.15, 0.2) is 5.69 Å². The Morgan fingerprint density at radius 3 is 2.71 bits per heavy atom. The molecule has 0 saturated heterocycles.